The van der Waals surface area contributed by atoms with Crippen molar-refractivity contribution in [1.29, 1.82) is 0 Å². The zero-order valence-corrected chi connectivity index (χ0v) is 36.6. The summed E-state index contributed by atoms with van der Waals surface area (Å²) in [7, 11) is -1.51. The summed E-state index contributed by atoms with van der Waals surface area (Å²) in [6.07, 6.45) is 0. The number of para-hydroxylation sites is 3. The van der Waals surface area contributed by atoms with Gasteiger partial charge in [0.15, 0.2) is 5.58 Å². The van der Waals surface area contributed by atoms with E-state index in [4.69, 9.17) is 4.42 Å². The van der Waals surface area contributed by atoms with Crippen molar-refractivity contribution in [2.75, 3.05) is 9.80 Å². The minimum Gasteiger partial charge on any atom is -0.454 e. The Kier molecular flexibility index (Phi) is 8.42. The molecule has 4 heteroatoms. The van der Waals surface area contributed by atoms with Crippen molar-refractivity contribution in [3.05, 3.63) is 199 Å². The second kappa shape index (κ2) is 13.8. The van der Waals surface area contributed by atoms with Crippen LogP contribution in [0.1, 0.15) is 30.5 Å². The van der Waals surface area contributed by atoms with Gasteiger partial charge in [0.25, 0.3) is 0 Å². The summed E-state index contributed by atoms with van der Waals surface area (Å²) in [6, 6.07) is 67.2. The highest BCUT2D eigenvalue weighted by atomic mass is 28.3. The highest BCUT2D eigenvalue weighted by Gasteiger charge is 2.35. The van der Waals surface area contributed by atoms with E-state index < -0.39 is 8.07 Å². The third-order valence-electron chi connectivity index (χ3n) is 13.0. The Bertz CT molecular complexity index is 3320. The molecule has 1 heterocycles. The molecule has 0 fully saturated rings. The smallest absolute Gasteiger partial charge is 0.159 e. The Hall–Kier alpha value is -6.88. The fourth-order valence-electron chi connectivity index (χ4n) is 9.80. The lowest BCUT2D eigenvalue weighted by molar-refractivity contribution is 0.645. The van der Waals surface area contributed by atoms with Crippen molar-refractivity contribution in [2.24, 2.45) is 0 Å². The van der Waals surface area contributed by atoms with Gasteiger partial charge in [0, 0.05) is 44.6 Å². The maximum absolute atomic E-state index is 6.69. The fourth-order valence-corrected chi connectivity index (χ4v) is 11.0. The number of hydrogen-bond donors (Lipinski definition) is 0. The van der Waals surface area contributed by atoms with Gasteiger partial charge in [-0.1, -0.05) is 147 Å². The van der Waals surface area contributed by atoms with E-state index in [1.165, 1.54) is 54.5 Å². The predicted octanol–water partition coefficient (Wildman–Crippen LogP) is 16.0. The summed E-state index contributed by atoms with van der Waals surface area (Å²) in [5.41, 5.74) is 14.7. The van der Waals surface area contributed by atoms with Crippen LogP contribution < -0.4 is 15.0 Å². The van der Waals surface area contributed by atoms with Crippen molar-refractivity contribution in [3.63, 3.8) is 0 Å². The van der Waals surface area contributed by atoms with Crippen molar-refractivity contribution < 1.29 is 4.42 Å². The molecule has 1 aromatic heterocycles. The number of aryl methyl sites for hydroxylation is 1. The molecule has 3 nitrogen and oxygen atoms in total. The fraction of sp³-hybridized carbons (Fsp3) is 0.123. The van der Waals surface area contributed by atoms with Crippen molar-refractivity contribution in [3.8, 4) is 11.1 Å². The average molecular weight is 805 g/mol. The lowest BCUT2D eigenvalue weighted by Crippen LogP contribution is -2.37. The summed E-state index contributed by atoms with van der Waals surface area (Å²) in [5, 5.41) is 8.76. The molecule has 0 N–H and O–H groups in total. The molecule has 9 aromatic carbocycles. The number of nitrogens with zero attached hydrogens (tertiary/aromatic N) is 2. The molecule has 0 atom stereocenters. The van der Waals surface area contributed by atoms with Crippen molar-refractivity contribution in [2.45, 2.75) is 45.8 Å². The van der Waals surface area contributed by atoms with E-state index in [0.29, 0.717) is 0 Å². The first-order valence-corrected chi connectivity index (χ1v) is 24.9. The second-order valence-electron chi connectivity index (χ2n) is 18.3. The van der Waals surface area contributed by atoms with Crippen LogP contribution >= 0.6 is 0 Å². The van der Waals surface area contributed by atoms with Crippen LogP contribution in [0.2, 0.25) is 19.6 Å². The molecular weight excluding hydrogens is 757 g/mol. The molecule has 0 bridgehead atoms. The van der Waals surface area contributed by atoms with E-state index in [0.717, 1.165) is 56.1 Å². The number of benzene rings is 9. The van der Waals surface area contributed by atoms with Gasteiger partial charge in [-0.3, -0.25) is 0 Å². The Labute approximate surface area is 359 Å². The van der Waals surface area contributed by atoms with E-state index in [9.17, 15) is 0 Å². The number of furan rings is 1. The zero-order chi connectivity index (χ0) is 41.6. The molecule has 0 spiro atoms. The summed E-state index contributed by atoms with van der Waals surface area (Å²) in [4.78, 5) is 4.77. The van der Waals surface area contributed by atoms with E-state index in [2.05, 4.69) is 226 Å². The van der Waals surface area contributed by atoms with Crippen LogP contribution in [0.25, 0.3) is 54.6 Å². The molecule has 0 amide bonds. The molecule has 61 heavy (non-hydrogen) atoms. The van der Waals surface area contributed by atoms with Gasteiger partial charge >= 0.3 is 0 Å². The highest BCUT2D eigenvalue weighted by molar-refractivity contribution is 6.88. The van der Waals surface area contributed by atoms with Crippen LogP contribution in [-0.2, 0) is 5.41 Å². The van der Waals surface area contributed by atoms with Crippen molar-refractivity contribution >= 4 is 90.9 Å². The molecule has 0 unspecified atom stereocenters. The minimum absolute atomic E-state index is 0.250. The zero-order valence-electron chi connectivity index (χ0n) is 35.6. The maximum atomic E-state index is 6.69. The minimum atomic E-state index is -1.51. The van der Waals surface area contributed by atoms with Crippen LogP contribution in [0.15, 0.2) is 186 Å². The van der Waals surface area contributed by atoms with Gasteiger partial charge in [-0.2, -0.15) is 0 Å². The summed E-state index contributed by atoms with van der Waals surface area (Å²) < 4.78 is 6.69. The molecule has 296 valence electrons. The molecule has 0 radical (unpaired) electrons. The van der Waals surface area contributed by atoms with Crippen LogP contribution in [0, 0.1) is 6.92 Å². The van der Waals surface area contributed by atoms with Gasteiger partial charge in [-0.15, -0.1) is 0 Å². The number of anilines is 6. The standard InChI is InChI=1S/C57H48N2OSi/c1-37-22-25-40(26-23-37)58(39-14-8-7-9-15-39)43-30-33-45-50-34-38-24-27-42(35-49(38)47-17-12-19-51(55(47)50)57(2,3)52(45)36-43)59(41-28-31-44(32-29-41)61(4,5)6)53-20-13-18-48-46-16-10-11-21-54(46)60-56(48)53/h7-36H,1-6H3. The van der Waals surface area contributed by atoms with Gasteiger partial charge in [0.1, 0.15) is 5.58 Å². The second-order valence-corrected chi connectivity index (χ2v) is 23.4. The SMILES string of the molecule is Cc1ccc(N(c2ccccc2)c2ccc3c(c2)C(C)(C)c2cccc4c2c-3cc2ccc(N(c3ccc([Si](C)(C)C)cc3)c3cccc5c3oc3ccccc35)cc24)cc1. The number of rotatable bonds is 7. The lowest BCUT2D eigenvalue weighted by Gasteiger charge is -2.37. The maximum Gasteiger partial charge on any atom is 0.159 e. The predicted molar refractivity (Wildman–Crippen MR) is 263 cm³/mol. The van der Waals surface area contributed by atoms with Crippen LogP contribution in [0.4, 0.5) is 34.1 Å². The third kappa shape index (κ3) is 6.00. The van der Waals surface area contributed by atoms with Gasteiger partial charge in [0.05, 0.1) is 13.8 Å². The molecule has 0 aliphatic heterocycles. The van der Waals surface area contributed by atoms with Gasteiger partial charge < -0.3 is 14.2 Å². The third-order valence-corrected chi connectivity index (χ3v) is 15.1. The normalized spacial score (nSPS) is 13.2. The van der Waals surface area contributed by atoms with Crippen LogP contribution in [0.5, 0.6) is 0 Å². The van der Waals surface area contributed by atoms with Gasteiger partial charge in [-0.25, -0.2) is 0 Å². The molecule has 1 aliphatic rings. The Morgan fingerprint density at radius 3 is 1.87 bits per heavy atom. The average Bonchev–Trinajstić information content (AvgIpc) is 3.66. The quantitative estimate of drug-likeness (QED) is 0.118. The monoisotopic (exact) mass is 804 g/mol. The molecule has 1 aliphatic carbocycles. The van der Waals surface area contributed by atoms with Gasteiger partial charge in [-0.05, 0) is 130 Å². The van der Waals surface area contributed by atoms with E-state index in [-0.39, 0.29) is 5.41 Å². The number of hydrogen-bond acceptors (Lipinski definition) is 3. The first-order chi connectivity index (χ1) is 29.5. The van der Waals surface area contributed by atoms with E-state index in [1.807, 2.05) is 6.07 Å². The van der Waals surface area contributed by atoms with Gasteiger partial charge in [0.2, 0.25) is 0 Å². The van der Waals surface area contributed by atoms with E-state index in [1.54, 1.807) is 0 Å². The molecule has 10 aromatic rings. The molecule has 0 saturated carbocycles. The topological polar surface area (TPSA) is 19.6 Å². The van der Waals surface area contributed by atoms with Crippen LogP contribution in [-0.4, -0.2) is 8.07 Å². The molecular formula is C57H48N2OSi. The summed E-state index contributed by atoms with van der Waals surface area (Å²) >= 11 is 0. The Morgan fingerprint density at radius 1 is 0.459 bits per heavy atom. The van der Waals surface area contributed by atoms with E-state index >= 15 is 0 Å². The Balaban J connectivity index is 1.10. The summed E-state index contributed by atoms with van der Waals surface area (Å²) in [5.74, 6) is 0. The Morgan fingerprint density at radius 2 is 1.08 bits per heavy atom. The highest BCUT2D eigenvalue weighted by Crippen LogP contribution is 2.52. The molecule has 0 saturated heterocycles. The molecule has 11 rings (SSSR count). The first kappa shape index (κ1) is 37.1. The number of fused-ring (bicyclic) bond motifs is 7. The van der Waals surface area contributed by atoms with Crippen molar-refractivity contribution in [1.82, 2.24) is 0 Å². The van der Waals surface area contributed by atoms with Crippen LogP contribution in [0.3, 0.4) is 0 Å². The largest absolute Gasteiger partial charge is 0.454 e. The summed E-state index contributed by atoms with van der Waals surface area (Å²) in [6.45, 7) is 14.2. The lowest BCUT2D eigenvalue weighted by atomic mass is 9.68. The first-order valence-electron chi connectivity index (χ1n) is 21.4.